The molecule has 162 valence electrons. The quantitative estimate of drug-likeness (QED) is 0.306. The Morgan fingerprint density at radius 2 is 2.13 bits per heavy atom. The molecule has 1 saturated heterocycles. The van der Waals surface area contributed by atoms with Crippen LogP contribution in [0.3, 0.4) is 0 Å². The van der Waals surface area contributed by atoms with Crippen molar-refractivity contribution >= 4 is 24.0 Å². The molecule has 3 rings (SSSR count). The van der Waals surface area contributed by atoms with Crippen LogP contribution < -0.4 is 0 Å². The number of hydrazone groups is 1. The fourth-order valence-corrected chi connectivity index (χ4v) is 2.52. The van der Waals surface area contributed by atoms with Gasteiger partial charge in [-0.15, -0.1) is 0 Å². The lowest BCUT2D eigenvalue weighted by Crippen LogP contribution is -2.26. The van der Waals surface area contributed by atoms with Gasteiger partial charge >= 0.3 is 11.8 Å². The molecular weight excluding hydrogens is 398 g/mol. The standard InChI is InChI=1S/C10H11N3O3.C8H12N2O4/c1-7-3-4-8(16-7)5-11-13-6-9(14)12(2)10(13)15;1-14-6-7(11)5-9-4-2-3-8(9)10(12)13/h3-5H,6H2,1-2H3;2-4,7,11H,5-6H2,1H3. The Balaban J connectivity index is 0.000000216. The third-order valence-electron chi connectivity index (χ3n) is 4.01. The van der Waals surface area contributed by atoms with E-state index in [2.05, 4.69) is 5.10 Å². The van der Waals surface area contributed by atoms with E-state index in [-0.39, 0.29) is 31.4 Å². The van der Waals surface area contributed by atoms with Crippen molar-refractivity contribution in [1.82, 2.24) is 14.5 Å². The number of aliphatic hydroxyl groups excluding tert-OH is 1. The van der Waals surface area contributed by atoms with Crippen LogP contribution in [0.5, 0.6) is 0 Å². The molecule has 1 atom stereocenters. The van der Waals surface area contributed by atoms with E-state index in [1.165, 1.54) is 31.0 Å². The largest absolute Gasteiger partial charge is 0.460 e. The molecule has 12 nitrogen and oxygen atoms in total. The topological polar surface area (TPSA) is 144 Å². The third kappa shape index (κ3) is 5.99. The van der Waals surface area contributed by atoms with E-state index in [1.807, 2.05) is 6.92 Å². The van der Waals surface area contributed by atoms with E-state index in [0.29, 0.717) is 5.76 Å². The molecule has 0 spiro atoms. The number of carbonyl (C=O) groups is 2. The average molecular weight is 421 g/mol. The summed E-state index contributed by atoms with van der Waals surface area (Å²) in [4.78, 5) is 33.6. The first-order valence-electron chi connectivity index (χ1n) is 8.88. The number of hydrogen-bond donors (Lipinski definition) is 1. The summed E-state index contributed by atoms with van der Waals surface area (Å²) in [5.41, 5.74) is 0. The average Bonchev–Trinajstić information content (AvgIpc) is 3.38. The number of hydrogen-bond acceptors (Lipinski definition) is 8. The van der Waals surface area contributed by atoms with Gasteiger partial charge in [-0.2, -0.15) is 5.10 Å². The molecule has 1 fully saturated rings. The highest BCUT2D eigenvalue weighted by Crippen LogP contribution is 2.12. The number of urea groups is 1. The number of amides is 3. The second-order valence-electron chi connectivity index (χ2n) is 6.37. The maximum atomic E-state index is 11.4. The maximum absolute atomic E-state index is 11.4. The van der Waals surface area contributed by atoms with Crippen LogP contribution in [-0.4, -0.2) is 76.1 Å². The Labute approximate surface area is 172 Å². The summed E-state index contributed by atoms with van der Waals surface area (Å²) < 4.78 is 11.3. The van der Waals surface area contributed by atoms with Crippen molar-refractivity contribution in [3.63, 3.8) is 0 Å². The molecule has 3 heterocycles. The number of aryl methyl sites for hydroxylation is 1. The van der Waals surface area contributed by atoms with Gasteiger partial charge in [-0.25, -0.2) is 14.4 Å². The molecule has 1 unspecified atom stereocenters. The first kappa shape index (κ1) is 22.8. The number of imide groups is 1. The van der Waals surface area contributed by atoms with Gasteiger partial charge in [0.05, 0.1) is 19.0 Å². The fourth-order valence-electron chi connectivity index (χ4n) is 2.52. The SMILES string of the molecule is COCC(O)Cn1cccc1[N+](=O)[O-].Cc1ccc(C=NN2CC(=O)N(C)C2=O)o1. The van der Waals surface area contributed by atoms with Gasteiger partial charge in [0.1, 0.15) is 30.7 Å². The van der Waals surface area contributed by atoms with Crippen LogP contribution >= 0.6 is 0 Å². The van der Waals surface area contributed by atoms with E-state index in [1.54, 1.807) is 24.4 Å². The van der Waals surface area contributed by atoms with Crippen LogP contribution in [0.2, 0.25) is 0 Å². The van der Waals surface area contributed by atoms with Crippen molar-refractivity contribution in [3.8, 4) is 0 Å². The van der Waals surface area contributed by atoms with Crippen molar-refractivity contribution in [2.45, 2.75) is 19.6 Å². The summed E-state index contributed by atoms with van der Waals surface area (Å²) in [5, 5.41) is 24.8. The van der Waals surface area contributed by atoms with Crippen LogP contribution in [0.1, 0.15) is 11.5 Å². The number of carbonyl (C=O) groups excluding carboxylic acids is 2. The summed E-state index contributed by atoms with van der Waals surface area (Å²) in [5.74, 6) is 1.02. The Bertz CT molecular complexity index is 920. The molecule has 1 aliphatic heterocycles. The highest BCUT2D eigenvalue weighted by atomic mass is 16.6. The number of nitrogens with zero attached hydrogens (tertiary/aromatic N) is 5. The van der Waals surface area contributed by atoms with E-state index in [0.717, 1.165) is 15.7 Å². The predicted molar refractivity (Wildman–Crippen MR) is 105 cm³/mol. The molecular formula is C18H23N5O7. The Hall–Kier alpha value is -3.51. The van der Waals surface area contributed by atoms with Crippen LogP contribution in [0, 0.1) is 17.0 Å². The monoisotopic (exact) mass is 421 g/mol. The third-order valence-corrected chi connectivity index (χ3v) is 4.01. The van der Waals surface area contributed by atoms with Gasteiger partial charge in [0.25, 0.3) is 5.91 Å². The number of likely N-dealkylation sites (N-methyl/N-ethyl adjacent to an activating group) is 1. The zero-order chi connectivity index (χ0) is 22.3. The van der Waals surface area contributed by atoms with E-state index < -0.39 is 17.1 Å². The summed E-state index contributed by atoms with van der Waals surface area (Å²) in [7, 11) is 2.89. The van der Waals surface area contributed by atoms with Crippen molar-refractivity contribution in [2.75, 3.05) is 27.3 Å². The van der Waals surface area contributed by atoms with Gasteiger partial charge < -0.3 is 24.4 Å². The van der Waals surface area contributed by atoms with Gasteiger partial charge in [-0.3, -0.25) is 9.69 Å². The van der Waals surface area contributed by atoms with Gasteiger partial charge in [0, 0.05) is 20.2 Å². The second-order valence-corrected chi connectivity index (χ2v) is 6.37. The van der Waals surface area contributed by atoms with Gasteiger partial charge in [-0.1, -0.05) is 0 Å². The minimum Gasteiger partial charge on any atom is -0.460 e. The molecule has 2 aromatic heterocycles. The first-order chi connectivity index (χ1) is 14.2. The minimum absolute atomic E-state index is 0.0223. The smallest absolute Gasteiger partial charge is 0.347 e. The van der Waals surface area contributed by atoms with E-state index in [4.69, 9.17) is 9.15 Å². The Morgan fingerprint density at radius 1 is 1.40 bits per heavy atom. The number of methoxy groups -OCH3 is 1. The number of furan rings is 1. The van der Waals surface area contributed by atoms with Crippen molar-refractivity contribution in [2.24, 2.45) is 5.10 Å². The normalized spacial score (nSPS) is 14.9. The van der Waals surface area contributed by atoms with Crippen molar-refractivity contribution in [3.05, 3.63) is 52.1 Å². The summed E-state index contributed by atoms with van der Waals surface area (Å²) in [6.45, 7) is 2.12. The summed E-state index contributed by atoms with van der Waals surface area (Å²) >= 11 is 0. The highest BCUT2D eigenvalue weighted by molar-refractivity contribution is 6.01. The number of aromatic nitrogens is 1. The van der Waals surface area contributed by atoms with Crippen LogP contribution in [-0.2, 0) is 16.1 Å². The minimum atomic E-state index is -0.730. The molecule has 30 heavy (non-hydrogen) atoms. The molecule has 0 aliphatic carbocycles. The van der Waals surface area contributed by atoms with Gasteiger partial charge in [-0.05, 0) is 30.0 Å². The lowest BCUT2D eigenvalue weighted by Gasteiger charge is -2.07. The van der Waals surface area contributed by atoms with Gasteiger partial charge in [0.15, 0.2) is 0 Å². The summed E-state index contributed by atoms with van der Waals surface area (Å²) in [6, 6.07) is 6.07. The van der Waals surface area contributed by atoms with Crippen LogP contribution in [0.25, 0.3) is 0 Å². The lowest BCUT2D eigenvalue weighted by molar-refractivity contribution is -0.392. The maximum Gasteiger partial charge on any atom is 0.347 e. The zero-order valence-corrected chi connectivity index (χ0v) is 16.8. The van der Waals surface area contributed by atoms with Crippen molar-refractivity contribution < 1.29 is 28.8 Å². The van der Waals surface area contributed by atoms with Crippen LogP contribution in [0.15, 0.2) is 40.0 Å². The molecule has 0 aromatic carbocycles. The number of ether oxygens (including phenoxy) is 1. The Morgan fingerprint density at radius 3 is 2.67 bits per heavy atom. The molecule has 1 N–H and O–H groups in total. The highest BCUT2D eigenvalue weighted by Gasteiger charge is 2.32. The first-order valence-corrected chi connectivity index (χ1v) is 8.88. The molecule has 3 amide bonds. The van der Waals surface area contributed by atoms with Crippen LogP contribution in [0.4, 0.5) is 10.6 Å². The summed E-state index contributed by atoms with van der Waals surface area (Å²) in [6.07, 6.45) is 2.24. The molecule has 2 aromatic rings. The fraction of sp³-hybridized carbons (Fsp3) is 0.389. The number of aliphatic hydroxyl groups is 1. The molecule has 0 saturated carbocycles. The molecule has 12 heteroatoms. The second kappa shape index (κ2) is 10.3. The van der Waals surface area contributed by atoms with E-state index >= 15 is 0 Å². The van der Waals surface area contributed by atoms with E-state index in [9.17, 15) is 24.8 Å². The number of nitro groups is 1. The van der Waals surface area contributed by atoms with Crippen molar-refractivity contribution in [1.29, 1.82) is 0 Å². The molecule has 1 aliphatic rings. The molecule has 0 bridgehead atoms. The zero-order valence-electron chi connectivity index (χ0n) is 16.8. The number of rotatable bonds is 7. The lowest BCUT2D eigenvalue weighted by atomic mass is 10.4. The molecule has 0 radical (unpaired) electrons. The Kier molecular flexibility index (Phi) is 7.83. The van der Waals surface area contributed by atoms with Gasteiger partial charge in [0.2, 0.25) is 0 Å². The predicted octanol–water partition coefficient (Wildman–Crippen LogP) is 1.22.